The van der Waals surface area contributed by atoms with Gasteiger partial charge in [0.25, 0.3) is 0 Å². The number of amides is 1. The number of rotatable bonds is 11. The minimum absolute atomic E-state index is 0. The molecule has 0 saturated heterocycles. The van der Waals surface area contributed by atoms with E-state index < -0.39 is 12.2 Å². The molecule has 2 N–H and O–H groups in total. The first-order valence-corrected chi connectivity index (χ1v) is 10.8. The second-order valence-electron chi connectivity index (χ2n) is 7.88. The smallest absolute Gasteiger partial charge is 0.407 e. The van der Waals surface area contributed by atoms with Gasteiger partial charge >= 0.3 is 12.1 Å². The van der Waals surface area contributed by atoms with Gasteiger partial charge in [-0.2, -0.15) is 0 Å². The number of ether oxygens (including phenoxy) is 2. The van der Waals surface area contributed by atoms with Gasteiger partial charge in [-0.25, -0.2) is 4.79 Å². The number of benzene rings is 1. The van der Waals surface area contributed by atoms with E-state index in [1.807, 2.05) is 30.3 Å². The van der Waals surface area contributed by atoms with Gasteiger partial charge in [0, 0.05) is 56.5 Å². The first-order chi connectivity index (χ1) is 14.0. The zero-order valence-electron chi connectivity index (χ0n) is 18.2. The van der Waals surface area contributed by atoms with Crippen molar-refractivity contribution in [2.75, 3.05) is 7.11 Å². The third-order valence-corrected chi connectivity index (χ3v) is 5.94. The molecule has 6 nitrogen and oxygen atoms in total. The predicted molar refractivity (Wildman–Crippen MR) is 111 cm³/mol. The first-order valence-electron chi connectivity index (χ1n) is 10.8. The summed E-state index contributed by atoms with van der Waals surface area (Å²) in [4.78, 5) is 23.3. The number of nitrogens with one attached hydrogen (secondary N) is 1. The summed E-state index contributed by atoms with van der Waals surface area (Å²) in [6.07, 6.45) is 5.96. The van der Waals surface area contributed by atoms with Gasteiger partial charge in [0.1, 0.15) is 6.61 Å². The molecule has 165 valence electrons. The van der Waals surface area contributed by atoms with Crippen LogP contribution in [0, 0.1) is 55.9 Å². The maximum Gasteiger partial charge on any atom is 0.407 e. The van der Waals surface area contributed by atoms with Crippen molar-refractivity contribution in [1.82, 2.24) is 5.32 Å². The van der Waals surface area contributed by atoms with Crippen LogP contribution in [0.2, 0.25) is 0 Å². The molecule has 0 bridgehead atoms. The van der Waals surface area contributed by atoms with Crippen molar-refractivity contribution in [3.8, 4) is 0 Å². The Balaban J connectivity index is 0.00000450. The van der Waals surface area contributed by atoms with Crippen molar-refractivity contribution in [2.45, 2.75) is 77.0 Å². The Kier molecular flexibility index (Phi) is 13.9. The van der Waals surface area contributed by atoms with E-state index in [-0.39, 0.29) is 74.5 Å². The fraction of sp³-hybridized carbons (Fsp3) is 0.652. The zero-order valence-corrected chi connectivity index (χ0v) is 23.0. The molecule has 0 aliphatic heterocycles. The van der Waals surface area contributed by atoms with Crippen molar-refractivity contribution in [1.29, 1.82) is 0 Å². The van der Waals surface area contributed by atoms with Crippen molar-refractivity contribution >= 4 is 12.1 Å². The zero-order chi connectivity index (χ0) is 21.1. The van der Waals surface area contributed by atoms with Gasteiger partial charge in [-0.05, 0) is 36.7 Å². The third-order valence-electron chi connectivity index (χ3n) is 5.94. The molecule has 1 saturated carbocycles. The van der Waals surface area contributed by atoms with E-state index in [0.29, 0.717) is 12.8 Å². The Morgan fingerprint density at radius 3 is 2.47 bits per heavy atom. The second-order valence-corrected chi connectivity index (χ2v) is 7.88. The van der Waals surface area contributed by atoms with Gasteiger partial charge in [0.2, 0.25) is 0 Å². The van der Waals surface area contributed by atoms with Crippen LogP contribution in [0.15, 0.2) is 30.3 Å². The fourth-order valence-corrected chi connectivity index (χ4v) is 4.37. The second kappa shape index (κ2) is 15.2. The van der Waals surface area contributed by atoms with Gasteiger partial charge in [-0.3, -0.25) is 4.79 Å². The molecule has 2 rings (SSSR count). The largest absolute Gasteiger partial charge is 0.469 e. The molecule has 1 radical (unpaired) electrons. The maximum absolute atomic E-state index is 12.2. The number of methoxy groups -OCH3 is 1. The molecule has 1 aliphatic carbocycles. The van der Waals surface area contributed by atoms with Gasteiger partial charge in [-0.1, -0.05) is 62.9 Å². The number of unbranched alkanes of at least 4 members (excludes halogenated alkanes) is 3. The van der Waals surface area contributed by atoms with Gasteiger partial charge in [0.15, 0.2) is 0 Å². The molecule has 0 spiro atoms. The van der Waals surface area contributed by atoms with Crippen LogP contribution in [-0.4, -0.2) is 36.4 Å². The number of carbonyl (C=O) groups excluding carboxylic acids is 2. The van der Waals surface area contributed by atoms with Crippen LogP contribution >= 0.6 is 0 Å². The maximum atomic E-state index is 12.2. The summed E-state index contributed by atoms with van der Waals surface area (Å²) in [5, 5.41) is 13.5. The van der Waals surface area contributed by atoms with E-state index in [0.717, 1.165) is 44.1 Å². The number of alkyl carbamates (subject to hydrolysis) is 1. The van der Waals surface area contributed by atoms with Crippen LogP contribution in [0.5, 0.6) is 0 Å². The van der Waals surface area contributed by atoms with Gasteiger partial charge < -0.3 is 19.9 Å². The fourth-order valence-electron chi connectivity index (χ4n) is 4.37. The Hall–Kier alpha value is -0.638. The van der Waals surface area contributed by atoms with Crippen LogP contribution in [0.4, 0.5) is 4.79 Å². The Morgan fingerprint density at radius 1 is 1.10 bits per heavy atom. The predicted octanol–water partition coefficient (Wildman–Crippen LogP) is 4.20. The van der Waals surface area contributed by atoms with E-state index in [1.54, 1.807) is 0 Å². The van der Waals surface area contributed by atoms with Crippen LogP contribution in [0.3, 0.4) is 0 Å². The molecule has 1 unspecified atom stereocenters. The third kappa shape index (κ3) is 9.24. The Labute approximate surface area is 216 Å². The van der Waals surface area contributed by atoms with Crippen LogP contribution in [-0.2, 0) is 20.9 Å². The first kappa shape index (κ1) is 27.4. The van der Waals surface area contributed by atoms with Gasteiger partial charge in [0.05, 0.1) is 13.2 Å². The summed E-state index contributed by atoms with van der Waals surface area (Å²) in [5.74, 6) is 0.291. The van der Waals surface area contributed by atoms with E-state index >= 15 is 0 Å². The monoisotopic (exact) mass is 632 g/mol. The normalized spacial score (nSPS) is 22.8. The number of aliphatic hydroxyl groups excluding tert-OH is 1. The summed E-state index contributed by atoms with van der Waals surface area (Å²) in [7, 11) is 1.41. The minimum Gasteiger partial charge on any atom is -0.469 e. The average Bonchev–Trinajstić information content (AvgIpc) is 3.03. The molecule has 30 heavy (non-hydrogen) atoms. The SMILES string of the molecule is CC[C@@H]1C(CCCCCCC(=O)OC)[C@@H](O)C[C@H]1NC(=O)OCc1ccccc1.[Ac]. The molecule has 1 aromatic carbocycles. The van der Waals surface area contributed by atoms with E-state index in [1.165, 1.54) is 7.11 Å². The number of hydrogen-bond donors (Lipinski definition) is 2. The number of hydrogen-bond acceptors (Lipinski definition) is 5. The number of carbonyl (C=O) groups is 2. The molecule has 1 aromatic rings. The summed E-state index contributed by atoms with van der Waals surface area (Å²) in [6.45, 7) is 2.35. The van der Waals surface area contributed by atoms with Crippen LogP contribution in [0.1, 0.15) is 63.9 Å². The van der Waals surface area contributed by atoms with Crippen molar-refractivity contribution in [3.63, 3.8) is 0 Å². The molecule has 0 aromatic heterocycles. The van der Waals surface area contributed by atoms with Crippen molar-refractivity contribution in [3.05, 3.63) is 35.9 Å². The van der Waals surface area contributed by atoms with Crippen LogP contribution < -0.4 is 5.32 Å². The standard InChI is InChI=1S/C23H35NO5.Ac/c1-3-18-19(13-9-4-5-10-14-22(26)28-2)21(25)15-20(18)24-23(27)29-16-17-11-7-6-8-12-17;/h6-8,11-12,18-21,25H,3-5,9-10,13-16H2,1-2H3,(H,24,27);/t18-,19?,20-,21+;/m1./s1. The quantitative estimate of drug-likeness (QED) is 0.282. The summed E-state index contributed by atoms with van der Waals surface area (Å²) in [6, 6.07) is 9.54. The van der Waals surface area contributed by atoms with Crippen molar-refractivity contribution in [2.24, 2.45) is 11.8 Å². The average molecular weight is 633 g/mol. The summed E-state index contributed by atoms with van der Waals surface area (Å²) in [5.41, 5.74) is 0.950. The summed E-state index contributed by atoms with van der Waals surface area (Å²) < 4.78 is 9.99. The number of esters is 1. The van der Waals surface area contributed by atoms with E-state index in [9.17, 15) is 14.7 Å². The number of aliphatic hydroxyl groups is 1. The molecular weight excluding hydrogens is 597 g/mol. The molecule has 0 heterocycles. The minimum atomic E-state index is -0.423. The Morgan fingerprint density at radius 2 is 1.80 bits per heavy atom. The molecule has 7 heteroatoms. The molecular formula is C23H35AcNO5. The molecule has 1 fully saturated rings. The molecule has 4 atom stereocenters. The van der Waals surface area contributed by atoms with Crippen molar-refractivity contribution < 1.29 is 68.2 Å². The topological polar surface area (TPSA) is 84.9 Å². The Bertz CT molecular complexity index is 627. The van der Waals surface area contributed by atoms with Crippen LogP contribution in [0.25, 0.3) is 0 Å². The summed E-state index contributed by atoms with van der Waals surface area (Å²) >= 11 is 0. The molecule has 1 amide bonds. The van der Waals surface area contributed by atoms with E-state index in [2.05, 4.69) is 17.0 Å². The molecule has 1 aliphatic rings. The van der Waals surface area contributed by atoms with Gasteiger partial charge in [-0.15, -0.1) is 0 Å². The van der Waals surface area contributed by atoms with E-state index in [4.69, 9.17) is 4.74 Å².